The normalized spacial score (nSPS) is 11.8. The molecule has 0 aromatic heterocycles. The second kappa shape index (κ2) is 4.80. The van der Waals surface area contributed by atoms with Gasteiger partial charge in [0.2, 0.25) is 5.83 Å². The molecule has 0 atom stereocenters. The van der Waals surface area contributed by atoms with Gasteiger partial charge in [-0.05, 0) is 31.9 Å². The molecule has 0 aliphatic carbocycles. The van der Waals surface area contributed by atoms with E-state index < -0.39 is 11.7 Å². The van der Waals surface area contributed by atoms with Crippen molar-refractivity contribution in [2.75, 3.05) is 7.11 Å². The van der Waals surface area contributed by atoms with Crippen molar-refractivity contribution in [2.24, 2.45) is 0 Å². The molecule has 0 spiro atoms. The predicted octanol–water partition coefficient (Wildman–Crippen LogP) is 3.65. The Balaban J connectivity index is 5.18. The Morgan fingerprint density at radius 3 is 1.77 bits per heavy atom. The number of methoxy groups -OCH3 is 1. The van der Waals surface area contributed by atoms with Crippen LogP contribution >= 0.6 is 0 Å². The van der Waals surface area contributed by atoms with Crippen LogP contribution in [0.1, 0.15) is 20.8 Å². The van der Waals surface area contributed by atoms with E-state index in [1.54, 1.807) is 13.8 Å². The third-order valence-corrected chi connectivity index (χ3v) is 1.43. The summed E-state index contributed by atoms with van der Waals surface area (Å²) >= 11 is 0. The van der Waals surface area contributed by atoms with Crippen LogP contribution in [0.15, 0.2) is 35.1 Å². The Kier molecular flexibility index (Phi) is 4.38. The Morgan fingerprint density at radius 1 is 1.08 bits per heavy atom. The van der Waals surface area contributed by atoms with Crippen molar-refractivity contribution in [1.82, 2.24) is 0 Å². The molecule has 0 aromatic carbocycles. The third kappa shape index (κ3) is 3.01. The lowest BCUT2D eigenvalue weighted by molar-refractivity contribution is 0.274. The Hall–Kier alpha value is -1.12. The molecule has 0 N–H and O–H groups in total. The molecule has 0 unspecified atom stereocenters. The van der Waals surface area contributed by atoms with Crippen LogP contribution in [0.2, 0.25) is 0 Å². The minimum atomic E-state index is -0.991. The summed E-state index contributed by atoms with van der Waals surface area (Å²) in [6.07, 6.45) is 0. The van der Waals surface area contributed by atoms with E-state index in [-0.39, 0.29) is 11.3 Å². The molecule has 0 aliphatic rings. The molecule has 0 radical (unpaired) electrons. The van der Waals surface area contributed by atoms with Crippen LogP contribution in [0.25, 0.3) is 0 Å². The lowest BCUT2D eigenvalue weighted by atomic mass is 10.2. The van der Waals surface area contributed by atoms with Crippen LogP contribution in [0.4, 0.5) is 8.78 Å². The van der Waals surface area contributed by atoms with Gasteiger partial charge >= 0.3 is 0 Å². The zero-order chi connectivity index (χ0) is 10.6. The second-order valence-electron chi connectivity index (χ2n) is 2.94. The maximum atomic E-state index is 13.2. The van der Waals surface area contributed by atoms with Gasteiger partial charge in [-0.3, -0.25) is 0 Å². The van der Waals surface area contributed by atoms with Crippen LogP contribution in [0.5, 0.6) is 0 Å². The van der Waals surface area contributed by atoms with Crippen LogP contribution in [0, 0.1) is 0 Å². The average Bonchev–Trinajstić information content (AvgIpc) is 2.03. The van der Waals surface area contributed by atoms with E-state index in [9.17, 15) is 8.78 Å². The van der Waals surface area contributed by atoms with E-state index in [1.165, 1.54) is 14.0 Å². The molecule has 1 nitrogen and oxygen atoms in total. The SMILES string of the molecule is C=C(C)/C(F)=C(/F)C(OC)=C(C)C. The molecular weight excluding hydrogens is 174 g/mol. The predicted molar refractivity (Wildman–Crippen MR) is 49.4 cm³/mol. The lowest BCUT2D eigenvalue weighted by Gasteiger charge is -2.06. The van der Waals surface area contributed by atoms with Gasteiger partial charge in [0.05, 0.1) is 7.11 Å². The monoisotopic (exact) mass is 188 g/mol. The number of hydrogen-bond acceptors (Lipinski definition) is 1. The zero-order valence-electron chi connectivity index (χ0n) is 8.37. The fourth-order valence-electron chi connectivity index (χ4n) is 0.800. The van der Waals surface area contributed by atoms with Crippen molar-refractivity contribution in [1.29, 1.82) is 0 Å². The number of ether oxygens (including phenoxy) is 1. The molecule has 0 saturated heterocycles. The summed E-state index contributed by atoms with van der Waals surface area (Å²) in [5, 5.41) is 0. The largest absolute Gasteiger partial charge is 0.494 e. The zero-order valence-corrected chi connectivity index (χ0v) is 8.37. The van der Waals surface area contributed by atoms with Crippen molar-refractivity contribution in [2.45, 2.75) is 20.8 Å². The first-order valence-electron chi connectivity index (χ1n) is 3.84. The van der Waals surface area contributed by atoms with E-state index in [0.29, 0.717) is 5.57 Å². The Labute approximate surface area is 77.4 Å². The first-order valence-corrected chi connectivity index (χ1v) is 3.84. The smallest absolute Gasteiger partial charge is 0.200 e. The Morgan fingerprint density at radius 2 is 1.54 bits per heavy atom. The molecule has 0 rings (SSSR count). The van der Waals surface area contributed by atoms with Crippen molar-refractivity contribution in [3.8, 4) is 0 Å². The van der Waals surface area contributed by atoms with Crippen molar-refractivity contribution in [3.05, 3.63) is 35.1 Å². The molecule has 0 saturated carbocycles. The summed E-state index contributed by atoms with van der Waals surface area (Å²) < 4.78 is 30.9. The van der Waals surface area contributed by atoms with E-state index in [1.807, 2.05) is 0 Å². The lowest BCUT2D eigenvalue weighted by Crippen LogP contribution is -1.94. The summed E-state index contributed by atoms with van der Waals surface area (Å²) in [4.78, 5) is 0. The quantitative estimate of drug-likeness (QED) is 0.485. The molecule has 3 heteroatoms. The minimum absolute atomic E-state index is 0.0494. The van der Waals surface area contributed by atoms with Gasteiger partial charge in [0.1, 0.15) is 0 Å². The summed E-state index contributed by atoms with van der Waals surface area (Å²) in [5.41, 5.74) is 0.629. The van der Waals surface area contributed by atoms with E-state index in [0.717, 1.165) is 0 Å². The summed E-state index contributed by atoms with van der Waals surface area (Å²) in [5.74, 6) is -2.02. The molecule has 0 aliphatic heterocycles. The van der Waals surface area contributed by atoms with Crippen LogP contribution in [0.3, 0.4) is 0 Å². The number of halogens is 2. The van der Waals surface area contributed by atoms with Crippen molar-refractivity contribution in [3.63, 3.8) is 0 Å². The molecule has 0 heterocycles. The maximum Gasteiger partial charge on any atom is 0.200 e. The van der Waals surface area contributed by atoms with Gasteiger partial charge in [-0.1, -0.05) is 6.58 Å². The summed E-state index contributed by atoms with van der Waals surface area (Å²) in [6, 6.07) is 0. The van der Waals surface area contributed by atoms with Crippen molar-refractivity contribution < 1.29 is 13.5 Å². The average molecular weight is 188 g/mol. The number of hydrogen-bond donors (Lipinski definition) is 0. The fourth-order valence-corrected chi connectivity index (χ4v) is 0.800. The van der Waals surface area contributed by atoms with Gasteiger partial charge in [-0.2, -0.15) is 4.39 Å². The number of rotatable bonds is 3. The minimum Gasteiger partial charge on any atom is -0.494 e. The second-order valence-corrected chi connectivity index (χ2v) is 2.94. The summed E-state index contributed by atoms with van der Waals surface area (Å²) in [7, 11) is 1.30. The highest BCUT2D eigenvalue weighted by atomic mass is 19.2. The van der Waals surface area contributed by atoms with E-state index in [4.69, 9.17) is 4.74 Å². The highest BCUT2D eigenvalue weighted by Gasteiger charge is 2.13. The van der Waals surface area contributed by atoms with Gasteiger partial charge in [0.15, 0.2) is 11.6 Å². The van der Waals surface area contributed by atoms with Gasteiger partial charge in [0.25, 0.3) is 0 Å². The van der Waals surface area contributed by atoms with Gasteiger partial charge < -0.3 is 4.74 Å². The molecule has 0 aromatic rings. The van der Waals surface area contributed by atoms with Gasteiger partial charge in [-0.15, -0.1) is 0 Å². The van der Waals surface area contributed by atoms with E-state index >= 15 is 0 Å². The Bertz CT molecular complexity index is 271. The maximum absolute atomic E-state index is 13.2. The highest BCUT2D eigenvalue weighted by Crippen LogP contribution is 2.24. The molecular formula is C10H14F2O. The molecule has 74 valence electrons. The molecule has 13 heavy (non-hydrogen) atoms. The first kappa shape index (κ1) is 11.9. The number of allylic oxidation sites excluding steroid dienone is 4. The molecule has 0 fully saturated rings. The van der Waals surface area contributed by atoms with Crippen LogP contribution < -0.4 is 0 Å². The topological polar surface area (TPSA) is 9.23 Å². The van der Waals surface area contributed by atoms with E-state index in [2.05, 4.69) is 6.58 Å². The fraction of sp³-hybridized carbons (Fsp3) is 0.400. The van der Waals surface area contributed by atoms with Crippen LogP contribution in [-0.2, 0) is 4.74 Å². The highest BCUT2D eigenvalue weighted by molar-refractivity contribution is 5.34. The van der Waals surface area contributed by atoms with Gasteiger partial charge in [-0.25, -0.2) is 4.39 Å². The molecule has 0 amide bonds. The van der Waals surface area contributed by atoms with Gasteiger partial charge in [0, 0.05) is 0 Å². The standard InChI is InChI=1S/C10H14F2O/c1-6(2)8(11)9(12)10(13-5)7(3)4/h1H2,2-5H3/b9-8-. The molecule has 0 bridgehead atoms. The summed E-state index contributed by atoms with van der Waals surface area (Å²) in [6.45, 7) is 7.98. The third-order valence-electron chi connectivity index (χ3n) is 1.43. The van der Waals surface area contributed by atoms with Crippen molar-refractivity contribution >= 4 is 0 Å². The first-order chi connectivity index (χ1) is 5.91. The van der Waals surface area contributed by atoms with Crippen LogP contribution in [-0.4, -0.2) is 7.11 Å².